The zero-order valence-corrected chi connectivity index (χ0v) is 12.9. The standard InChI is InChI=1S/C17H26N2O/c1-12-11-19-16(13(2)17(12)20-3)10-15(18)9-14-7-5-4-6-8-14/h7,11,15H,4-6,8-10,18H2,1-3H3. The van der Waals surface area contributed by atoms with Crippen molar-refractivity contribution in [2.24, 2.45) is 5.73 Å². The van der Waals surface area contributed by atoms with Crippen LogP contribution in [0.15, 0.2) is 17.8 Å². The summed E-state index contributed by atoms with van der Waals surface area (Å²) in [5.74, 6) is 0.944. The van der Waals surface area contributed by atoms with Crippen LogP contribution < -0.4 is 10.5 Å². The lowest BCUT2D eigenvalue weighted by Gasteiger charge is -2.19. The van der Waals surface area contributed by atoms with Crippen molar-refractivity contribution < 1.29 is 4.74 Å². The van der Waals surface area contributed by atoms with E-state index in [-0.39, 0.29) is 6.04 Å². The first-order chi connectivity index (χ1) is 9.61. The van der Waals surface area contributed by atoms with Crippen LogP contribution >= 0.6 is 0 Å². The summed E-state index contributed by atoms with van der Waals surface area (Å²) in [4.78, 5) is 4.54. The molecule has 0 aliphatic heterocycles. The minimum atomic E-state index is 0.151. The Morgan fingerprint density at radius 3 is 2.75 bits per heavy atom. The summed E-state index contributed by atoms with van der Waals surface area (Å²) in [6, 6.07) is 0.151. The van der Waals surface area contributed by atoms with Gasteiger partial charge in [0.25, 0.3) is 0 Å². The molecule has 0 bridgehead atoms. The molecule has 1 aliphatic carbocycles. The van der Waals surface area contributed by atoms with Crippen LogP contribution in [0.1, 0.15) is 48.9 Å². The molecule has 0 spiro atoms. The largest absolute Gasteiger partial charge is 0.496 e. The Hall–Kier alpha value is -1.35. The predicted molar refractivity (Wildman–Crippen MR) is 83.1 cm³/mol. The first-order valence-corrected chi connectivity index (χ1v) is 7.54. The smallest absolute Gasteiger partial charge is 0.128 e. The van der Waals surface area contributed by atoms with Gasteiger partial charge in [0.05, 0.1) is 7.11 Å². The summed E-state index contributed by atoms with van der Waals surface area (Å²) in [6.07, 6.45) is 11.2. The van der Waals surface area contributed by atoms with Crippen molar-refractivity contribution >= 4 is 0 Å². The van der Waals surface area contributed by atoms with Crippen molar-refractivity contribution in [1.29, 1.82) is 0 Å². The van der Waals surface area contributed by atoms with Gasteiger partial charge < -0.3 is 10.5 Å². The average Bonchev–Trinajstić information content (AvgIpc) is 2.44. The molecule has 0 amide bonds. The number of ether oxygens (including phenoxy) is 1. The summed E-state index contributed by atoms with van der Waals surface area (Å²) in [6.45, 7) is 4.09. The predicted octanol–water partition coefficient (Wildman–Crippen LogP) is 3.47. The van der Waals surface area contributed by atoms with Crippen LogP contribution in [0.3, 0.4) is 0 Å². The Balaban J connectivity index is 2.04. The summed E-state index contributed by atoms with van der Waals surface area (Å²) >= 11 is 0. The second-order valence-corrected chi connectivity index (χ2v) is 5.82. The lowest BCUT2D eigenvalue weighted by atomic mass is 9.92. The van der Waals surface area contributed by atoms with E-state index in [0.29, 0.717) is 0 Å². The molecule has 1 aliphatic rings. The molecule has 3 nitrogen and oxygen atoms in total. The normalized spacial score (nSPS) is 16.7. The topological polar surface area (TPSA) is 48.1 Å². The molecule has 20 heavy (non-hydrogen) atoms. The summed E-state index contributed by atoms with van der Waals surface area (Å²) in [5.41, 5.74) is 11.1. The lowest BCUT2D eigenvalue weighted by molar-refractivity contribution is 0.406. The van der Waals surface area contributed by atoms with Gasteiger partial charge in [-0.05, 0) is 46.0 Å². The highest BCUT2D eigenvalue weighted by Gasteiger charge is 2.14. The third kappa shape index (κ3) is 3.60. The fourth-order valence-electron chi connectivity index (χ4n) is 3.02. The molecule has 3 heteroatoms. The molecule has 0 aromatic carbocycles. The maximum atomic E-state index is 6.31. The fourth-order valence-corrected chi connectivity index (χ4v) is 3.02. The van der Waals surface area contributed by atoms with Gasteiger partial charge in [0, 0.05) is 35.5 Å². The van der Waals surface area contributed by atoms with Crippen LogP contribution in [0.5, 0.6) is 5.75 Å². The van der Waals surface area contributed by atoms with Crippen molar-refractivity contribution in [3.8, 4) is 5.75 Å². The molecule has 1 heterocycles. The van der Waals surface area contributed by atoms with E-state index in [1.165, 1.54) is 31.3 Å². The number of methoxy groups -OCH3 is 1. The molecule has 2 rings (SSSR count). The van der Waals surface area contributed by atoms with E-state index in [1.807, 2.05) is 13.1 Å². The monoisotopic (exact) mass is 274 g/mol. The minimum absolute atomic E-state index is 0.151. The number of aryl methyl sites for hydroxylation is 1. The highest BCUT2D eigenvalue weighted by molar-refractivity contribution is 5.41. The van der Waals surface area contributed by atoms with Crippen LogP contribution in [0.2, 0.25) is 0 Å². The second-order valence-electron chi connectivity index (χ2n) is 5.82. The molecule has 1 aromatic heterocycles. The zero-order valence-electron chi connectivity index (χ0n) is 12.9. The molecule has 0 saturated carbocycles. The van der Waals surface area contributed by atoms with Gasteiger partial charge >= 0.3 is 0 Å². The first kappa shape index (κ1) is 15.0. The van der Waals surface area contributed by atoms with Crippen molar-refractivity contribution in [3.05, 3.63) is 34.7 Å². The molecule has 0 saturated heterocycles. The molecule has 110 valence electrons. The summed E-state index contributed by atoms with van der Waals surface area (Å²) < 4.78 is 5.46. The Kier molecular flexibility index (Phi) is 5.18. The van der Waals surface area contributed by atoms with Crippen LogP contribution in [-0.2, 0) is 6.42 Å². The fraction of sp³-hybridized carbons (Fsp3) is 0.588. The van der Waals surface area contributed by atoms with Gasteiger partial charge in [-0.15, -0.1) is 0 Å². The van der Waals surface area contributed by atoms with Crippen LogP contribution in [0.4, 0.5) is 0 Å². The highest BCUT2D eigenvalue weighted by Crippen LogP contribution is 2.26. The van der Waals surface area contributed by atoms with E-state index in [4.69, 9.17) is 10.5 Å². The van der Waals surface area contributed by atoms with Gasteiger partial charge in [0.2, 0.25) is 0 Å². The number of rotatable bonds is 5. The van der Waals surface area contributed by atoms with Crippen molar-refractivity contribution in [2.75, 3.05) is 7.11 Å². The second kappa shape index (κ2) is 6.89. The van der Waals surface area contributed by atoms with E-state index in [9.17, 15) is 0 Å². The zero-order chi connectivity index (χ0) is 14.5. The first-order valence-electron chi connectivity index (χ1n) is 7.54. The van der Waals surface area contributed by atoms with Gasteiger partial charge in [0.15, 0.2) is 0 Å². The lowest BCUT2D eigenvalue weighted by Crippen LogP contribution is -2.25. The van der Waals surface area contributed by atoms with Crippen LogP contribution in [0.25, 0.3) is 0 Å². The number of aromatic nitrogens is 1. The molecule has 1 aromatic rings. The van der Waals surface area contributed by atoms with Crippen molar-refractivity contribution in [1.82, 2.24) is 4.98 Å². The highest BCUT2D eigenvalue weighted by atomic mass is 16.5. The summed E-state index contributed by atoms with van der Waals surface area (Å²) in [5, 5.41) is 0. The van der Waals surface area contributed by atoms with Crippen LogP contribution in [-0.4, -0.2) is 18.1 Å². The number of nitrogens with two attached hydrogens (primary N) is 1. The van der Waals surface area contributed by atoms with Crippen LogP contribution in [0, 0.1) is 13.8 Å². The molecule has 0 fully saturated rings. The Morgan fingerprint density at radius 2 is 2.10 bits per heavy atom. The van der Waals surface area contributed by atoms with Gasteiger partial charge in [-0.25, -0.2) is 0 Å². The summed E-state index contributed by atoms with van der Waals surface area (Å²) in [7, 11) is 1.71. The minimum Gasteiger partial charge on any atom is -0.496 e. The van der Waals surface area contributed by atoms with E-state index in [1.54, 1.807) is 7.11 Å². The van der Waals surface area contributed by atoms with Crippen molar-refractivity contribution in [3.63, 3.8) is 0 Å². The third-order valence-corrected chi connectivity index (χ3v) is 4.11. The van der Waals surface area contributed by atoms with Gasteiger partial charge in [0.1, 0.15) is 5.75 Å². The number of hydrogen-bond donors (Lipinski definition) is 1. The molecule has 2 N–H and O–H groups in total. The Morgan fingerprint density at radius 1 is 1.30 bits per heavy atom. The maximum absolute atomic E-state index is 6.31. The van der Waals surface area contributed by atoms with Gasteiger partial charge in [-0.3, -0.25) is 4.98 Å². The van der Waals surface area contributed by atoms with E-state index in [2.05, 4.69) is 18.0 Å². The Bertz CT molecular complexity index is 494. The molecular formula is C17H26N2O. The molecular weight excluding hydrogens is 248 g/mol. The SMILES string of the molecule is COc1c(C)cnc(CC(N)CC2=CCCCC2)c1C. The maximum Gasteiger partial charge on any atom is 0.128 e. The Labute approximate surface area is 122 Å². The third-order valence-electron chi connectivity index (χ3n) is 4.11. The quantitative estimate of drug-likeness (QED) is 0.836. The van der Waals surface area contributed by atoms with E-state index >= 15 is 0 Å². The molecule has 1 atom stereocenters. The average molecular weight is 274 g/mol. The molecule has 0 radical (unpaired) electrons. The number of allylic oxidation sites excluding steroid dienone is 1. The number of hydrogen-bond acceptors (Lipinski definition) is 3. The van der Waals surface area contributed by atoms with Crippen molar-refractivity contribution in [2.45, 2.75) is 58.4 Å². The number of pyridine rings is 1. The molecule has 1 unspecified atom stereocenters. The van der Waals surface area contributed by atoms with E-state index < -0.39 is 0 Å². The van der Waals surface area contributed by atoms with Gasteiger partial charge in [-0.1, -0.05) is 11.6 Å². The van der Waals surface area contributed by atoms with Gasteiger partial charge in [-0.2, -0.15) is 0 Å². The van der Waals surface area contributed by atoms with E-state index in [0.717, 1.165) is 35.4 Å². The number of nitrogens with zero attached hydrogens (tertiary/aromatic N) is 1.